The van der Waals surface area contributed by atoms with E-state index < -0.39 is 11.1 Å². The Balaban J connectivity index is 0. The molecule has 0 saturated carbocycles. The summed E-state index contributed by atoms with van der Waals surface area (Å²) in [5.41, 5.74) is 0. The van der Waals surface area contributed by atoms with Crippen LogP contribution in [0.5, 0.6) is 0 Å². The fourth-order valence-electron chi connectivity index (χ4n) is 2.77. The first-order valence-corrected chi connectivity index (χ1v) is 10.6. The summed E-state index contributed by atoms with van der Waals surface area (Å²) in [4.78, 5) is 0. The molecule has 0 fully saturated rings. The average Bonchev–Trinajstić information content (AvgIpc) is 2.46. The molecule has 0 spiro atoms. The quantitative estimate of drug-likeness (QED) is 0.232. The second-order valence-corrected chi connectivity index (χ2v) is 7.33. The fraction of sp³-hybridized carbons (Fsp3) is 1.00. The van der Waals surface area contributed by atoms with Crippen molar-refractivity contribution in [3.05, 3.63) is 0 Å². The summed E-state index contributed by atoms with van der Waals surface area (Å²) < 4.78 is 20.7. The smallest absolute Gasteiger partial charge is 0.772 e. The van der Waals surface area contributed by atoms with Crippen molar-refractivity contribution < 1.29 is 38.3 Å². The van der Waals surface area contributed by atoms with Crippen LogP contribution in [-0.4, -0.2) is 14.5 Å². The van der Waals surface area contributed by atoms with E-state index in [1.807, 2.05) is 0 Å². The molecule has 0 saturated heterocycles. The second kappa shape index (κ2) is 22.1. The van der Waals surface area contributed by atoms with Gasteiger partial charge in [0.05, 0.1) is 0 Å². The zero-order chi connectivity index (χ0) is 15.6. The first-order valence-electron chi connectivity index (χ1n) is 9.33. The monoisotopic (exact) mass is 340 g/mol. The maximum absolute atomic E-state index is 10.3. The Hall–Kier alpha value is 1.11. The third-order valence-corrected chi connectivity index (χ3v) is 4.79. The molecule has 0 aliphatic carbocycles. The molecule has 1 atom stereocenters. The molecule has 0 heterocycles. The summed E-state index contributed by atoms with van der Waals surface area (Å²) in [6, 6.07) is 0. The van der Waals surface area contributed by atoms with Gasteiger partial charge >= 0.3 is 29.6 Å². The van der Waals surface area contributed by atoms with E-state index in [4.69, 9.17) is 0 Å². The molecule has 4 heteroatoms. The minimum Gasteiger partial charge on any atom is -0.772 e. The Bertz CT molecular complexity index is 225. The van der Waals surface area contributed by atoms with Crippen molar-refractivity contribution in [1.82, 2.24) is 0 Å². The molecule has 0 aromatic carbocycles. The predicted octanol–water partition coefficient (Wildman–Crippen LogP) is 3.13. The van der Waals surface area contributed by atoms with E-state index in [0.717, 1.165) is 12.8 Å². The SMILES string of the molecule is CCCCCCCCCCCCCCCCCCS(=O)[O-].[Na+]. The molecule has 22 heavy (non-hydrogen) atoms. The van der Waals surface area contributed by atoms with Crippen LogP contribution in [0.1, 0.15) is 110 Å². The largest absolute Gasteiger partial charge is 1.00 e. The first kappa shape index (κ1) is 25.4. The minimum absolute atomic E-state index is 0. The van der Waals surface area contributed by atoms with Gasteiger partial charge in [-0.15, -0.1) is 0 Å². The van der Waals surface area contributed by atoms with Crippen LogP contribution in [0.25, 0.3) is 0 Å². The van der Waals surface area contributed by atoms with Crippen LogP contribution in [0, 0.1) is 0 Å². The molecule has 128 valence electrons. The van der Waals surface area contributed by atoms with Gasteiger partial charge in [-0.1, -0.05) is 114 Å². The molecule has 0 aliphatic heterocycles. The molecule has 2 nitrogen and oxygen atoms in total. The Morgan fingerprint density at radius 1 is 0.591 bits per heavy atom. The summed E-state index contributed by atoms with van der Waals surface area (Å²) in [5.74, 6) is 0.346. The van der Waals surface area contributed by atoms with E-state index >= 15 is 0 Å². The zero-order valence-electron chi connectivity index (χ0n) is 15.2. The molecule has 0 rings (SSSR count). The van der Waals surface area contributed by atoms with Gasteiger partial charge in [0.2, 0.25) is 0 Å². The summed E-state index contributed by atoms with van der Waals surface area (Å²) in [6.45, 7) is 2.27. The van der Waals surface area contributed by atoms with E-state index in [1.54, 1.807) is 0 Å². The van der Waals surface area contributed by atoms with E-state index in [1.165, 1.54) is 89.9 Å². The van der Waals surface area contributed by atoms with Crippen molar-refractivity contribution in [1.29, 1.82) is 0 Å². The van der Waals surface area contributed by atoms with Crippen LogP contribution in [0.15, 0.2) is 0 Å². The van der Waals surface area contributed by atoms with Gasteiger partial charge in [-0.25, -0.2) is 0 Å². The van der Waals surface area contributed by atoms with Crippen molar-refractivity contribution >= 4 is 11.1 Å². The van der Waals surface area contributed by atoms with E-state index in [0.29, 0.717) is 5.75 Å². The molecule has 0 N–H and O–H groups in total. The van der Waals surface area contributed by atoms with Gasteiger partial charge < -0.3 is 4.55 Å². The van der Waals surface area contributed by atoms with Crippen molar-refractivity contribution in [2.75, 3.05) is 5.75 Å². The van der Waals surface area contributed by atoms with Crippen LogP contribution in [-0.2, 0) is 11.1 Å². The molecule has 0 aliphatic rings. The molecule has 1 unspecified atom stereocenters. The Labute approximate surface area is 164 Å². The molecule has 0 amide bonds. The van der Waals surface area contributed by atoms with Gasteiger partial charge in [-0.05, 0) is 6.42 Å². The van der Waals surface area contributed by atoms with Crippen molar-refractivity contribution in [2.45, 2.75) is 110 Å². The molecule has 0 aromatic heterocycles. The molecule has 0 radical (unpaired) electrons. The van der Waals surface area contributed by atoms with Gasteiger partial charge in [0.1, 0.15) is 0 Å². The predicted molar refractivity (Wildman–Crippen MR) is 93.3 cm³/mol. The molecule has 0 aromatic rings. The number of hydrogen-bond donors (Lipinski definition) is 0. The minimum atomic E-state index is -1.83. The third kappa shape index (κ3) is 23.4. The maximum Gasteiger partial charge on any atom is 1.00 e. The van der Waals surface area contributed by atoms with Gasteiger partial charge in [-0.3, -0.25) is 4.21 Å². The summed E-state index contributed by atoms with van der Waals surface area (Å²) >= 11 is -1.83. The van der Waals surface area contributed by atoms with Crippen LogP contribution >= 0.6 is 0 Å². The number of rotatable bonds is 17. The van der Waals surface area contributed by atoms with Crippen molar-refractivity contribution in [3.63, 3.8) is 0 Å². The molecular formula is C18H37NaO2S. The topological polar surface area (TPSA) is 40.1 Å². The molecule has 0 bridgehead atoms. The maximum atomic E-state index is 10.3. The van der Waals surface area contributed by atoms with Crippen LogP contribution in [0.3, 0.4) is 0 Å². The second-order valence-electron chi connectivity index (χ2n) is 6.31. The van der Waals surface area contributed by atoms with Crippen LogP contribution in [0.2, 0.25) is 0 Å². The zero-order valence-corrected chi connectivity index (χ0v) is 18.1. The van der Waals surface area contributed by atoms with Gasteiger partial charge in [0.15, 0.2) is 0 Å². The standard InChI is InChI=1S/C18H38O2S.Na/c1-2-3-4-5-6-7-8-9-10-11-12-13-14-15-16-17-18-21(19)20;/h2-18H2,1H3,(H,19,20);/q;+1/p-1. The fourth-order valence-corrected chi connectivity index (χ4v) is 3.21. The van der Waals surface area contributed by atoms with Gasteiger partial charge in [-0.2, -0.15) is 0 Å². The summed E-state index contributed by atoms with van der Waals surface area (Å²) in [5, 5.41) is 0. The van der Waals surface area contributed by atoms with Crippen LogP contribution in [0.4, 0.5) is 0 Å². The van der Waals surface area contributed by atoms with Crippen molar-refractivity contribution in [2.24, 2.45) is 0 Å². The van der Waals surface area contributed by atoms with E-state index in [9.17, 15) is 8.76 Å². The number of hydrogen-bond acceptors (Lipinski definition) is 2. The normalized spacial score (nSPS) is 12.1. The summed E-state index contributed by atoms with van der Waals surface area (Å²) in [7, 11) is 0. The first-order chi connectivity index (χ1) is 10.3. The van der Waals surface area contributed by atoms with E-state index in [2.05, 4.69) is 6.92 Å². The average molecular weight is 341 g/mol. The van der Waals surface area contributed by atoms with Crippen molar-refractivity contribution in [3.8, 4) is 0 Å². The summed E-state index contributed by atoms with van der Waals surface area (Å²) in [6.07, 6.45) is 21.2. The Morgan fingerprint density at radius 2 is 0.864 bits per heavy atom. The third-order valence-electron chi connectivity index (χ3n) is 4.16. The Morgan fingerprint density at radius 3 is 1.14 bits per heavy atom. The molecular weight excluding hydrogens is 303 g/mol. The number of unbranched alkanes of at least 4 members (excludes halogenated alkanes) is 15. The van der Waals surface area contributed by atoms with Gasteiger partial charge in [0, 0.05) is 5.75 Å². The van der Waals surface area contributed by atoms with Gasteiger partial charge in [0.25, 0.3) is 0 Å². The Kier molecular flexibility index (Phi) is 25.5. The van der Waals surface area contributed by atoms with E-state index in [-0.39, 0.29) is 29.6 Å². The van der Waals surface area contributed by atoms with Crippen LogP contribution < -0.4 is 29.6 Å².